The minimum Gasteiger partial charge on any atom is -0.367 e. The van der Waals surface area contributed by atoms with Crippen LogP contribution in [0.5, 0.6) is 0 Å². The van der Waals surface area contributed by atoms with Gasteiger partial charge >= 0.3 is 0 Å². The maximum absolute atomic E-state index is 5.50. The van der Waals surface area contributed by atoms with Gasteiger partial charge in [0, 0.05) is 13.2 Å². The molecule has 0 amide bonds. The fraction of sp³-hybridized carbons (Fsp3) is 1.00. The highest BCUT2D eigenvalue weighted by molar-refractivity contribution is 8.77. The molecule has 0 spiro atoms. The topological polar surface area (TPSA) is 18.5 Å². The largest absolute Gasteiger partial charge is 0.367 e. The highest BCUT2D eigenvalue weighted by atomic mass is 33.1. The molecule has 0 N–H and O–H groups in total. The summed E-state index contributed by atoms with van der Waals surface area (Å²) in [6.07, 6.45) is 4.88. The standard InChI is InChI=1S/C8H14O2S2/c1-3-7(9-5-1)11-12-8-4-2-6-10-8/h7-8H,1-6H2. The maximum Gasteiger partial charge on any atom is 0.113 e. The summed E-state index contributed by atoms with van der Waals surface area (Å²) in [4.78, 5) is 0. The van der Waals surface area contributed by atoms with Crippen molar-refractivity contribution in [3.63, 3.8) is 0 Å². The molecule has 2 rings (SSSR count). The fourth-order valence-electron chi connectivity index (χ4n) is 1.37. The van der Waals surface area contributed by atoms with Gasteiger partial charge in [-0.05, 0) is 25.7 Å². The molecule has 2 aliphatic rings. The molecule has 0 aromatic carbocycles. The Bertz CT molecular complexity index is 115. The Balaban J connectivity index is 1.60. The van der Waals surface area contributed by atoms with Gasteiger partial charge in [-0.3, -0.25) is 0 Å². The molecule has 4 heteroatoms. The summed E-state index contributed by atoms with van der Waals surface area (Å²) in [6, 6.07) is 0. The SMILES string of the molecule is C1COC(SSC2CCCO2)C1. The van der Waals surface area contributed by atoms with Gasteiger partial charge in [0.1, 0.15) is 10.9 Å². The monoisotopic (exact) mass is 206 g/mol. The first-order valence-electron chi connectivity index (χ1n) is 4.50. The Hall–Kier alpha value is 0.620. The second-order valence-corrected chi connectivity index (χ2v) is 5.67. The third kappa shape index (κ3) is 2.55. The highest BCUT2D eigenvalue weighted by Gasteiger charge is 2.21. The Kier molecular flexibility index (Phi) is 3.63. The molecule has 0 saturated carbocycles. The van der Waals surface area contributed by atoms with Gasteiger partial charge in [0.2, 0.25) is 0 Å². The van der Waals surface area contributed by atoms with E-state index in [9.17, 15) is 0 Å². The molecule has 2 fully saturated rings. The zero-order valence-corrected chi connectivity index (χ0v) is 8.66. The second-order valence-electron chi connectivity index (χ2n) is 3.08. The normalized spacial score (nSPS) is 36.0. The number of rotatable bonds is 3. The van der Waals surface area contributed by atoms with Gasteiger partial charge in [-0.25, -0.2) is 0 Å². The molecule has 2 nitrogen and oxygen atoms in total. The van der Waals surface area contributed by atoms with Gasteiger partial charge in [-0.2, -0.15) is 0 Å². The molecule has 12 heavy (non-hydrogen) atoms. The first-order chi connectivity index (χ1) is 5.95. The van der Waals surface area contributed by atoms with E-state index in [0.29, 0.717) is 10.9 Å². The van der Waals surface area contributed by atoms with E-state index in [1.165, 1.54) is 25.7 Å². The van der Waals surface area contributed by atoms with Crippen LogP contribution >= 0.6 is 21.6 Å². The maximum atomic E-state index is 5.50. The molecular formula is C8H14O2S2. The zero-order chi connectivity index (χ0) is 8.23. The zero-order valence-electron chi connectivity index (χ0n) is 7.03. The van der Waals surface area contributed by atoms with Gasteiger partial charge in [0.25, 0.3) is 0 Å². The number of ether oxygens (including phenoxy) is 2. The Morgan fingerprint density at radius 1 is 0.833 bits per heavy atom. The van der Waals surface area contributed by atoms with Crippen LogP contribution in [0, 0.1) is 0 Å². The lowest BCUT2D eigenvalue weighted by molar-refractivity contribution is 0.172. The van der Waals surface area contributed by atoms with E-state index in [1.807, 2.05) is 21.6 Å². The van der Waals surface area contributed by atoms with Crippen LogP contribution in [0.3, 0.4) is 0 Å². The van der Waals surface area contributed by atoms with Crippen LogP contribution in [-0.4, -0.2) is 24.1 Å². The molecule has 0 radical (unpaired) electrons. The lowest BCUT2D eigenvalue weighted by Crippen LogP contribution is -2.00. The van der Waals surface area contributed by atoms with Crippen molar-refractivity contribution in [3.05, 3.63) is 0 Å². The summed E-state index contributed by atoms with van der Waals surface area (Å²) >= 11 is 0. The average Bonchev–Trinajstić information content (AvgIpc) is 2.74. The Labute approximate surface area is 81.2 Å². The first kappa shape index (κ1) is 9.19. The number of hydrogen-bond acceptors (Lipinski definition) is 4. The Morgan fingerprint density at radius 3 is 1.67 bits per heavy atom. The summed E-state index contributed by atoms with van der Waals surface area (Å²) in [6.45, 7) is 1.90. The molecular weight excluding hydrogens is 192 g/mol. The van der Waals surface area contributed by atoms with E-state index in [2.05, 4.69) is 0 Å². The van der Waals surface area contributed by atoms with Crippen molar-refractivity contribution in [1.82, 2.24) is 0 Å². The van der Waals surface area contributed by atoms with E-state index in [0.717, 1.165) is 13.2 Å². The van der Waals surface area contributed by atoms with Crippen molar-refractivity contribution in [2.24, 2.45) is 0 Å². The van der Waals surface area contributed by atoms with Crippen LogP contribution in [0.4, 0.5) is 0 Å². The molecule has 2 saturated heterocycles. The van der Waals surface area contributed by atoms with E-state index in [-0.39, 0.29) is 0 Å². The Morgan fingerprint density at radius 2 is 1.33 bits per heavy atom. The van der Waals surface area contributed by atoms with Gasteiger partial charge < -0.3 is 9.47 Å². The van der Waals surface area contributed by atoms with Crippen molar-refractivity contribution in [3.8, 4) is 0 Å². The predicted molar refractivity (Wildman–Crippen MR) is 53.1 cm³/mol. The van der Waals surface area contributed by atoms with Gasteiger partial charge in [0.15, 0.2) is 0 Å². The van der Waals surface area contributed by atoms with Crippen LogP contribution in [0.15, 0.2) is 0 Å². The molecule has 2 unspecified atom stereocenters. The van der Waals surface area contributed by atoms with Crippen LogP contribution < -0.4 is 0 Å². The van der Waals surface area contributed by atoms with Crippen molar-refractivity contribution in [2.45, 2.75) is 36.6 Å². The third-order valence-corrected chi connectivity index (χ3v) is 4.95. The van der Waals surface area contributed by atoms with Crippen LogP contribution in [0.2, 0.25) is 0 Å². The predicted octanol–water partition coefficient (Wildman–Crippen LogP) is 2.64. The van der Waals surface area contributed by atoms with Crippen LogP contribution in [-0.2, 0) is 9.47 Å². The van der Waals surface area contributed by atoms with Gasteiger partial charge in [-0.1, -0.05) is 21.6 Å². The second kappa shape index (κ2) is 4.74. The van der Waals surface area contributed by atoms with Crippen LogP contribution in [0.25, 0.3) is 0 Å². The number of hydrogen-bond donors (Lipinski definition) is 0. The van der Waals surface area contributed by atoms with Crippen molar-refractivity contribution in [1.29, 1.82) is 0 Å². The summed E-state index contributed by atoms with van der Waals surface area (Å²) in [7, 11) is 3.70. The van der Waals surface area contributed by atoms with E-state index in [4.69, 9.17) is 9.47 Å². The lowest BCUT2D eigenvalue weighted by atomic mass is 10.4. The molecule has 2 atom stereocenters. The molecule has 2 heterocycles. The van der Waals surface area contributed by atoms with E-state index >= 15 is 0 Å². The molecule has 0 aliphatic carbocycles. The molecule has 0 aromatic heterocycles. The van der Waals surface area contributed by atoms with E-state index in [1.54, 1.807) is 0 Å². The fourth-order valence-corrected chi connectivity index (χ4v) is 4.10. The minimum atomic E-state index is 0.430. The molecule has 70 valence electrons. The molecule has 0 bridgehead atoms. The minimum absolute atomic E-state index is 0.430. The molecule has 2 aliphatic heterocycles. The average molecular weight is 206 g/mol. The highest BCUT2D eigenvalue weighted by Crippen LogP contribution is 2.39. The van der Waals surface area contributed by atoms with Gasteiger partial charge in [-0.15, -0.1) is 0 Å². The molecule has 0 aromatic rings. The quantitative estimate of drug-likeness (QED) is 0.660. The smallest absolute Gasteiger partial charge is 0.113 e. The van der Waals surface area contributed by atoms with Crippen LogP contribution in [0.1, 0.15) is 25.7 Å². The van der Waals surface area contributed by atoms with Gasteiger partial charge in [0.05, 0.1) is 0 Å². The summed E-state index contributed by atoms with van der Waals surface area (Å²) in [5, 5.41) is 0. The summed E-state index contributed by atoms with van der Waals surface area (Å²) in [5.74, 6) is 0. The van der Waals surface area contributed by atoms with Crippen molar-refractivity contribution >= 4 is 21.6 Å². The lowest BCUT2D eigenvalue weighted by Gasteiger charge is -2.11. The first-order valence-corrected chi connectivity index (χ1v) is 6.78. The summed E-state index contributed by atoms with van der Waals surface area (Å²) < 4.78 is 11.0. The summed E-state index contributed by atoms with van der Waals surface area (Å²) in [5.41, 5.74) is 0.860. The van der Waals surface area contributed by atoms with E-state index < -0.39 is 0 Å². The van der Waals surface area contributed by atoms with Crippen molar-refractivity contribution < 1.29 is 9.47 Å². The third-order valence-electron chi connectivity index (χ3n) is 2.05. The van der Waals surface area contributed by atoms with Crippen molar-refractivity contribution in [2.75, 3.05) is 13.2 Å².